The molecule has 0 bridgehead atoms. The number of nitrogens with zero attached hydrogens (tertiary/aromatic N) is 1. The predicted octanol–water partition coefficient (Wildman–Crippen LogP) is 1.11. The number of amides is 2. The van der Waals surface area contributed by atoms with E-state index in [0.29, 0.717) is 32.0 Å². The molecular formula is C15H27N3O3. The molecule has 0 aromatic rings. The van der Waals surface area contributed by atoms with E-state index in [9.17, 15) is 9.59 Å². The predicted molar refractivity (Wildman–Crippen MR) is 80.0 cm³/mol. The molecule has 0 aromatic heterocycles. The van der Waals surface area contributed by atoms with Gasteiger partial charge in [-0.05, 0) is 51.6 Å². The zero-order chi connectivity index (χ0) is 15.1. The number of ether oxygens (including phenoxy) is 1. The van der Waals surface area contributed by atoms with Crippen molar-refractivity contribution in [1.29, 1.82) is 0 Å². The lowest BCUT2D eigenvalue weighted by Crippen LogP contribution is -2.47. The highest BCUT2D eigenvalue weighted by Gasteiger charge is 2.25. The van der Waals surface area contributed by atoms with Gasteiger partial charge in [-0.3, -0.25) is 4.79 Å². The lowest BCUT2D eigenvalue weighted by atomic mass is 9.95. The molecule has 2 aliphatic heterocycles. The molecule has 0 aromatic carbocycles. The van der Waals surface area contributed by atoms with Crippen molar-refractivity contribution >= 4 is 12.0 Å². The Bertz CT molecular complexity index is 348. The van der Waals surface area contributed by atoms with Gasteiger partial charge in [0.1, 0.15) is 0 Å². The van der Waals surface area contributed by atoms with E-state index in [1.165, 1.54) is 0 Å². The molecule has 6 heteroatoms. The second kappa shape index (κ2) is 8.22. The summed E-state index contributed by atoms with van der Waals surface area (Å²) in [6, 6.07) is 0.194. The first-order valence-electron chi connectivity index (χ1n) is 8.10. The van der Waals surface area contributed by atoms with E-state index in [4.69, 9.17) is 4.74 Å². The summed E-state index contributed by atoms with van der Waals surface area (Å²) in [5.41, 5.74) is 0. The van der Waals surface area contributed by atoms with Gasteiger partial charge in [0.2, 0.25) is 5.91 Å². The Hall–Kier alpha value is -1.30. The Labute approximate surface area is 126 Å². The average molecular weight is 297 g/mol. The quantitative estimate of drug-likeness (QED) is 0.815. The van der Waals surface area contributed by atoms with Gasteiger partial charge in [0.15, 0.2) is 0 Å². The highest BCUT2D eigenvalue weighted by Crippen LogP contribution is 2.15. The van der Waals surface area contributed by atoms with Crippen molar-refractivity contribution in [3.63, 3.8) is 0 Å². The maximum atomic E-state index is 12.1. The van der Waals surface area contributed by atoms with Crippen molar-refractivity contribution in [2.75, 3.05) is 32.8 Å². The highest BCUT2D eigenvalue weighted by atomic mass is 16.6. The Kier molecular flexibility index (Phi) is 6.29. The van der Waals surface area contributed by atoms with E-state index in [-0.39, 0.29) is 18.0 Å². The first kappa shape index (κ1) is 16.1. The third-order valence-electron chi connectivity index (χ3n) is 4.26. The molecule has 2 rings (SSSR count). The second-order valence-electron chi connectivity index (χ2n) is 5.94. The summed E-state index contributed by atoms with van der Waals surface area (Å²) in [6.45, 7) is 5.57. The van der Waals surface area contributed by atoms with Gasteiger partial charge >= 0.3 is 6.09 Å². The van der Waals surface area contributed by atoms with Crippen LogP contribution >= 0.6 is 0 Å². The molecule has 6 nitrogen and oxygen atoms in total. The third kappa shape index (κ3) is 5.19. The molecule has 2 heterocycles. The van der Waals surface area contributed by atoms with E-state index >= 15 is 0 Å². The smallest absolute Gasteiger partial charge is 0.409 e. The summed E-state index contributed by atoms with van der Waals surface area (Å²) in [4.78, 5) is 25.4. The minimum atomic E-state index is -0.240. The molecule has 21 heavy (non-hydrogen) atoms. The molecule has 2 N–H and O–H groups in total. The van der Waals surface area contributed by atoms with Crippen molar-refractivity contribution < 1.29 is 14.3 Å². The van der Waals surface area contributed by atoms with Crippen molar-refractivity contribution in [3.05, 3.63) is 0 Å². The minimum absolute atomic E-state index is 0.151. The maximum absolute atomic E-state index is 12.1. The summed E-state index contributed by atoms with van der Waals surface area (Å²) >= 11 is 0. The second-order valence-corrected chi connectivity index (χ2v) is 5.94. The van der Waals surface area contributed by atoms with Crippen molar-refractivity contribution in [2.24, 2.45) is 5.92 Å². The summed E-state index contributed by atoms with van der Waals surface area (Å²) in [5, 5.41) is 6.45. The van der Waals surface area contributed by atoms with Crippen LogP contribution in [0.25, 0.3) is 0 Å². The van der Waals surface area contributed by atoms with Crippen LogP contribution in [0.15, 0.2) is 0 Å². The highest BCUT2D eigenvalue weighted by molar-refractivity contribution is 5.76. The summed E-state index contributed by atoms with van der Waals surface area (Å²) in [7, 11) is 0. The van der Waals surface area contributed by atoms with E-state index in [1.54, 1.807) is 4.90 Å². The fraction of sp³-hybridized carbons (Fsp3) is 0.867. The van der Waals surface area contributed by atoms with Crippen molar-refractivity contribution in [2.45, 2.75) is 45.1 Å². The molecule has 120 valence electrons. The fourth-order valence-electron chi connectivity index (χ4n) is 3.07. The van der Waals surface area contributed by atoms with Crippen LogP contribution in [0, 0.1) is 5.92 Å². The fourth-order valence-corrected chi connectivity index (χ4v) is 3.07. The average Bonchev–Trinajstić information content (AvgIpc) is 2.49. The van der Waals surface area contributed by atoms with Gasteiger partial charge in [0.25, 0.3) is 0 Å². The van der Waals surface area contributed by atoms with Gasteiger partial charge in [-0.25, -0.2) is 4.79 Å². The molecule has 2 amide bonds. The van der Waals surface area contributed by atoms with Crippen LogP contribution in [0.5, 0.6) is 0 Å². The van der Waals surface area contributed by atoms with E-state index < -0.39 is 0 Å². The largest absolute Gasteiger partial charge is 0.450 e. The summed E-state index contributed by atoms with van der Waals surface area (Å²) < 4.78 is 4.99. The first-order chi connectivity index (χ1) is 10.2. The standard InChI is InChI=1S/C15H27N3O3/c1-2-21-15(20)18-8-5-13(6-9-18)17-14(19)10-12-4-3-7-16-11-12/h12-13,16H,2-11H2,1H3,(H,17,19). The number of carbonyl (C=O) groups is 2. The van der Waals surface area contributed by atoms with Gasteiger partial charge < -0.3 is 20.3 Å². The van der Waals surface area contributed by atoms with E-state index in [1.807, 2.05) is 6.92 Å². The van der Waals surface area contributed by atoms with Gasteiger partial charge in [-0.2, -0.15) is 0 Å². The Morgan fingerprint density at radius 3 is 2.67 bits per heavy atom. The Balaban J connectivity index is 1.65. The zero-order valence-electron chi connectivity index (χ0n) is 12.9. The molecule has 0 spiro atoms. The molecule has 0 radical (unpaired) electrons. The van der Waals surface area contributed by atoms with Gasteiger partial charge in [0, 0.05) is 25.6 Å². The number of likely N-dealkylation sites (tertiary alicyclic amines) is 1. The first-order valence-corrected chi connectivity index (χ1v) is 8.10. The van der Waals surface area contributed by atoms with Crippen LogP contribution < -0.4 is 10.6 Å². The maximum Gasteiger partial charge on any atom is 0.409 e. The van der Waals surface area contributed by atoms with Crippen LogP contribution in [0.2, 0.25) is 0 Å². The van der Waals surface area contributed by atoms with Gasteiger partial charge in [-0.1, -0.05) is 0 Å². The molecule has 2 saturated heterocycles. The Morgan fingerprint density at radius 1 is 1.29 bits per heavy atom. The molecule has 0 saturated carbocycles. The van der Waals surface area contributed by atoms with Crippen LogP contribution in [-0.4, -0.2) is 55.7 Å². The number of rotatable bonds is 4. The number of piperidine rings is 2. The molecule has 2 aliphatic rings. The van der Waals surface area contributed by atoms with Crippen LogP contribution in [0.4, 0.5) is 4.79 Å². The van der Waals surface area contributed by atoms with E-state index in [0.717, 1.165) is 38.8 Å². The normalized spacial score (nSPS) is 23.7. The Morgan fingerprint density at radius 2 is 2.05 bits per heavy atom. The summed E-state index contributed by atoms with van der Waals surface area (Å²) in [6.07, 6.45) is 4.31. The van der Waals surface area contributed by atoms with Crippen LogP contribution in [0.3, 0.4) is 0 Å². The lowest BCUT2D eigenvalue weighted by Gasteiger charge is -2.32. The molecule has 1 atom stereocenters. The molecule has 1 unspecified atom stereocenters. The van der Waals surface area contributed by atoms with E-state index in [2.05, 4.69) is 10.6 Å². The number of hydrogen-bond acceptors (Lipinski definition) is 4. The SMILES string of the molecule is CCOC(=O)N1CCC(NC(=O)CC2CCCNC2)CC1. The monoisotopic (exact) mass is 297 g/mol. The van der Waals surface area contributed by atoms with Crippen LogP contribution in [-0.2, 0) is 9.53 Å². The molecular weight excluding hydrogens is 270 g/mol. The minimum Gasteiger partial charge on any atom is -0.450 e. The number of nitrogens with one attached hydrogen (secondary N) is 2. The number of carbonyl (C=O) groups excluding carboxylic acids is 2. The molecule has 2 fully saturated rings. The van der Waals surface area contributed by atoms with Gasteiger partial charge in [0.05, 0.1) is 6.61 Å². The number of hydrogen-bond donors (Lipinski definition) is 2. The molecule has 0 aliphatic carbocycles. The lowest BCUT2D eigenvalue weighted by molar-refractivity contribution is -0.123. The van der Waals surface area contributed by atoms with Crippen molar-refractivity contribution in [3.8, 4) is 0 Å². The zero-order valence-corrected chi connectivity index (χ0v) is 12.9. The van der Waals surface area contributed by atoms with Crippen LogP contribution in [0.1, 0.15) is 39.0 Å². The third-order valence-corrected chi connectivity index (χ3v) is 4.26. The van der Waals surface area contributed by atoms with Crippen molar-refractivity contribution in [1.82, 2.24) is 15.5 Å². The topological polar surface area (TPSA) is 70.7 Å². The van der Waals surface area contributed by atoms with Gasteiger partial charge in [-0.15, -0.1) is 0 Å². The summed E-state index contributed by atoms with van der Waals surface area (Å²) in [5.74, 6) is 0.622.